The highest BCUT2D eigenvalue weighted by molar-refractivity contribution is 6.11. The van der Waals surface area contributed by atoms with Crippen molar-refractivity contribution in [1.82, 2.24) is 10.3 Å². The van der Waals surface area contributed by atoms with Crippen LogP contribution in [0.1, 0.15) is 39.6 Å². The first-order chi connectivity index (χ1) is 14.0. The fourth-order valence-electron chi connectivity index (χ4n) is 3.50. The molecule has 1 aliphatic heterocycles. The first-order valence-corrected chi connectivity index (χ1v) is 9.39. The van der Waals surface area contributed by atoms with E-state index in [-0.39, 0.29) is 24.1 Å². The van der Waals surface area contributed by atoms with E-state index in [2.05, 4.69) is 10.3 Å². The number of pyridine rings is 1. The highest BCUT2D eigenvalue weighted by atomic mass is 19.1. The Bertz CT molecular complexity index is 1050. The molecular formula is C23H20FN3O2. The molecule has 1 aliphatic rings. The number of fused-ring (bicyclic) bond motifs is 1. The van der Waals surface area contributed by atoms with Gasteiger partial charge in [0.2, 0.25) is 5.91 Å². The molecule has 2 heterocycles. The second-order valence-corrected chi connectivity index (χ2v) is 7.07. The van der Waals surface area contributed by atoms with Crippen molar-refractivity contribution < 1.29 is 14.0 Å². The summed E-state index contributed by atoms with van der Waals surface area (Å²) in [6.07, 6.45) is 1.72. The highest BCUT2D eigenvalue weighted by Crippen LogP contribution is 2.38. The lowest BCUT2D eigenvalue weighted by Crippen LogP contribution is -2.33. The van der Waals surface area contributed by atoms with Gasteiger partial charge in [-0.25, -0.2) is 4.39 Å². The van der Waals surface area contributed by atoms with E-state index in [1.807, 2.05) is 31.2 Å². The Morgan fingerprint density at radius 3 is 2.55 bits per heavy atom. The quantitative estimate of drug-likeness (QED) is 0.719. The number of nitrogens with one attached hydrogen (secondary N) is 1. The number of hydrogen-bond donors (Lipinski definition) is 1. The molecule has 0 saturated carbocycles. The summed E-state index contributed by atoms with van der Waals surface area (Å²) in [4.78, 5) is 31.7. The van der Waals surface area contributed by atoms with Gasteiger partial charge in [-0.1, -0.05) is 29.8 Å². The summed E-state index contributed by atoms with van der Waals surface area (Å²) in [6.45, 7) is 2.27. The molecule has 2 amide bonds. The molecule has 0 fully saturated rings. The molecule has 2 aromatic carbocycles. The van der Waals surface area contributed by atoms with Crippen molar-refractivity contribution in [2.75, 3.05) is 4.90 Å². The van der Waals surface area contributed by atoms with Crippen LogP contribution in [0.5, 0.6) is 0 Å². The lowest BCUT2D eigenvalue weighted by atomic mass is 10.1. The van der Waals surface area contributed by atoms with Crippen molar-refractivity contribution in [3.05, 3.63) is 95.1 Å². The minimum absolute atomic E-state index is 0.0881. The summed E-state index contributed by atoms with van der Waals surface area (Å²) in [5.74, 6) is -0.683. The SMILES string of the molecule is Cc1ccc(N2C(=O)c3cccnc3[C@@H]2CC(=O)NCc2ccc(F)cc2)cc1. The summed E-state index contributed by atoms with van der Waals surface area (Å²) in [7, 11) is 0. The smallest absolute Gasteiger partial charge is 0.260 e. The first-order valence-electron chi connectivity index (χ1n) is 9.39. The van der Waals surface area contributed by atoms with Crippen LogP contribution >= 0.6 is 0 Å². The van der Waals surface area contributed by atoms with E-state index < -0.39 is 6.04 Å². The predicted octanol–water partition coefficient (Wildman–Crippen LogP) is 3.94. The number of carbonyl (C=O) groups is 2. The normalized spacial score (nSPS) is 15.3. The Balaban J connectivity index is 1.55. The Morgan fingerprint density at radius 1 is 1.10 bits per heavy atom. The van der Waals surface area contributed by atoms with Gasteiger partial charge in [-0.2, -0.15) is 0 Å². The molecule has 0 spiro atoms. The van der Waals surface area contributed by atoms with Crippen LogP contribution < -0.4 is 10.2 Å². The molecule has 0 aliphatic carbocycles. The standard InChI is InChI=1S/C23H20FN3O2/c1-15-4-10-18(11-5-15)27-20(22-19(23(27)29)3-2-12-25-22)13-21(28)26-14-16-6-8-17(24)9-7-16/h2-12,20H,13-14H2,1H3,(H,26,28)/t20-/m0/s1. The molecular weight excluding hydrogens is 369 g/mol. The van der Waals surface area contributed by atoms with E-state index in [1.54, 1.807) is 35.4 Å². The zero-order valence-electron chi connectivity index (χ0n) is 15.9. The molecule has 1 N–H and O–H groups in total. The number of benzene rings is 2. The molecule has 1 atom stereocenters. The number of hydrogen-bond acceptors (Lipinski definition) is 3. The average Bonchev–Trinajstić information content (AvgIpc) is 3.00. The number of nitrogens with zero attached hydrogens (tertiary/aromatic N) is 2. The predicted molar refractivity (Wildman–Crippen MR) is 108 cm³/mol. The fraction of sp³-hybridized carbons (Fsp3) is 0.174. The monoisotopic (exact) mass is 389 g/mol. The third kappa shape index (κ3) is 3.87. The molecule has 3 aromatic rings. The lowest BCUT2D eigenvalue weighted by Gasteiger charge is -2.24. The van der Waals surface area contributed by atoms with Crippen LogP contribution in [0.3, 0.4) is 0 Å². The molecule has 0 radical (unpaired) electrons. The molecule has 0 unspecified atom stereocenters. The van der Waals surface area contributed by atoms with Gasteiger partial charge < -0.3 is 5.32 Å². The van der Waals surface area contributed by atoms with Crippen LogP contribution in [0.4, 0.5) is 10.1 Å². The number of aromatic nitrogens is 1. The Labute approximate surface area is 168 Å². The third-order valence-electron chi connectivity index (χ3n) is 5.01. The van der Waals surface area contributed by atoms with E-state index >= 15 is 0 Å². The van der Waals surface area contributed by atoms with Crippen molar-refractivity contribution in [3.63, 3.8) is 0 Å². The second-order valence-electron chi connectivity index (χ2n) is 7.07. The Kier molecular flexibility index (Phi) is 5.08. The van der Waals surface area contributed by atoms with Crippen molar-refractivity contribution in [2.24, 2.45) is 0 Å². The van der Waals surface area contributed by atoms with Crippen LogP contribution in [0.15, 0.2) is 66.9 Å². The number of amides is 2. The van der Waals surface area contributed by atoms with E-state index in [4.69, 9.17) is 0 Å². The second kappa shape index (κ2) is 7.83. The topological polar surface area (TPSA) is 62.3 Å². The van der Waals surface area contributed by atoms with Gasteiger partial charge in [-0.3, -0.25) is 19.5 Å². The van der Waals surface area contributed by atoms with Gasteiger partial charge >= 0.3 is 0 Å². The van der Waals surface area contributed by atoms with Crippen LogP contribution in [0.2, 0.25) is 0 Å². The maximum atomic E-state index is 13.0. The zero-order valence-corrected chi connectivity index (χ0v) is 15.9. The molecule has 4 rings (SSSR count). The minimum Gasteiger partial charge on any atom is -0.352 e. The van der Waals surface area contributed by atoms with Gasteiger partial charge in [0.1, 0.15) is 5.82 Å². The molecule has 6 heteroatoms. The molecule has 1 aromatic heterocycles. The fourth-order valence-corrected chi connectivity index (χ4v) is 3.50. The molecule has 146 valence electrons. The number of aryl methyl sites for hydroxylation is 1. The van der Waals surface area contributed by atoms with E-state index in [1.165, 1.54) is 12.1 Å². The largest absolute Gasteiger partial charge is 0.352 e. The van der Waals surface area contributed by atoms with Gasteiger partial charge in [0, 0.05) is 18.4 Å². The summed E-state index contributed by atoms with van der Waals surface area (Å²) >= 11 is 0. The van der Waals surface area contributed by atoms with Gasteiger partial charge in [0.25, 0.3) is 5.91 Å². The molecule has 0 saturated heterocycles. The molecule has 0 bridgehead atoms. The maximum Gasteiger partial charge on any atom is 0.260 e. The van der Waals surface area contributed by atoms with Crippen molar-refractivity contribution >= 4 is 17.5 Å². The Morgan fingerprint density at radius 2 is 1.83 bits per heavy atom. The summed E-state index contributed by atoms with van der Waals surface area (Å²) in [6, 6.07) is 16.6. The number of halogens is 1. The number of rotatable bonds is 5. The van der Waals surface area contributed by atoms with Crippen molar-refractivity contribution in [3.8, 4) is 0 Å². The molecule has 5 nitrogen and oxygen atoms in total. The van der Waals surface area contributed by atoms with Crippen molar-refractivity contribution in [2.45, 2.75) is 25.9 Å². The third-order valence-corrected chi connectivity index (χ3v) is 5.01. The average molecular weight is 389 g/mol. The van der Waals surface area contributed by atoms with E-state index in [0.717, 1.165) is 16.8 Å². The summed E-state index contributed by atoms with van der Waals surface area (Å²) < 4.78 is 13.0. The maximum absolute atomic E-state index is 13.0. The first kappa shape index (κ1) is 18.8. The van der Waals surface area contributed by atoms with Crippen LogP contribution in [0.25, 0.3) is 0 Å². The van der Waals surface area contributed by atoms with Gasteiger partial charge in [-0.15, -0.1) is 0 Å². The van der Waals surface area contributed by atoms with Crippen LogP contribution in [-0.4, -0.2) is 16.8 Å². The summed E-state index contributed by atoms with van der Waals surface area (Å²) in [5, 5.41) is 2.84. The highest BCUT2D eigenvalue weighted by Gasteiger charge is 2.39. The van der Waals surface area contributed by atoms with Crippen LogP contribution in [0, 0.1) is 12.7 Å². The van der Waals surface area contributed by atoms with Crippen molar-refractivity contribution in [1.29, 1.82) is 0 Å². The molecule has 29 heavy (non-hydrogen) atoms. The zero-order chi connectivity index (χ0) is 20.4. The van der Waals surface area contributed by atoms with Gasteiger partial charge in [-0.05, 0) is 48.9 Å². The minimum atomic E-state index is -0.477. The van der Waals surface area contributed by atoms with Gasteiger partial charge in [0.05, 0.1) is 23.7 Å². The Hall–Kier alpha value is -3.54. The summed E-state index contributed by atoms with van der Waals surface area (Å²) in [5.41, 5.74) is 3.75. The van der Waals surface area contributed by atoms with E-state index in [9.17, 15) is 14.0 Å². The lowest BCUT2D eigenvalue weighted by molar-refractivity contribution is -0.121. The van der Waals surface area contributed by atoms with Crippen LogP contribution in [-0.2, 0) is 11.3 Å². The van der Waals surface area contributed by atoms with Gasteiger partial charge in [0.15, 0.2) is 0 Å². The number of carbonyl (C=O) groups excluding carboxylic acids is 2. The number of anilines is 1. The van der Waals surface area contributed by atoms with E-state index in [0.29, 0.717) is 17.8 Å².